The van der Waals surface area contributed by atoms with Gasteiger partial charge < -0.3 is 4.90 Å². The van der Waals surface area contributed by atoms with E-state index in [0.717, 1.165) is 44.0 Å². The van der Waals surface area contributed by atoms with Crippen molar-refractivity contribution in [1.82, 2.24) is 24.6 Å². The zero-order valence-electron chi connectivity index (χ0n) is 12.3. The maximum Gasteiger partial charge on any atom is 0.227 e. The van der Waals surface area contributed by atoms with Crippen LogP contribution in [0.3, 0.4) is 0 Å². The average Bonchev–Trinajstić information content (AvgIpc) is 3.12. The van der Waals surface area contributed by atoms with E-state index in [2.05, 4.69) is 20.0 Å². The number of likely N-dealkylation sites (tertiary alicyclic amines) is 1. The lowest BCUT2D eigenvalue weighted by atomic mass is 10.1. The van der Waals surface area contributed by atoms with Crippen LogP contribution in [0.2, 0.25) is 0 Å². The fraction of sp³-hybridized carbons (Fsp3) is 0.467. The summed E-state index contributed by atoms with van der Waals surface area (Å²) >= 11 is 0. The van der Waals surface area contributed by atoms with Crippen LogP contribution in [0.25, 0.3) is 0 Å². The molecule has 7 heteroatoms. The largest absolute Gasteiger partial charge is 0.309 e. The Morgan fingerprint density at radius 3 is 2.95 bits per heavy atom. The minimum Gasteiger partial charge on any atom is -0.309 e. The summed E-state index contributed by atoms with van der Waals surface area (Å²) in [5, 5.41) is 4.43. The number of carbonyl (C=O) groups excluding carboxylic acids is 1. The lowest BCUT2D eigenvalue weighted by Gasteiger charge is -2.38. The highest BCUT2D eigenvalue weighted by atomic mass is 16.2. The van der Waals surface area contributed by atoms with Gasteiger partial charge in [0.2, 0.25) is 5.91 Å². The van der Waals surface area contributed by atoms with Crippen LogP contribution in [0.1, 0.15) is 24.6 Å². The van der Waals surface area contributed by atoms with Gasteiger partial charge in [-0.05, 0) is 12.5 Å². The molecule has 0 aliphatic carbocycles. The molecule has 0 radical (unpaired) electrons. The van der Waals surface area contributed by atoms with Gasteiger partial charge in [0.15, 0.2) is 0 Å². The summed E-state index contributed by atoms with van der Waals surface area (Å²) in [6.45, 7) is 3.57. The average molecular weight is 298 g/mol. The van der Waals surface area contributed by atoms with Crippen molar-refractivity contribution in [3.8, 4) is 0 Å². The number of hydrogen-bond acceptors (Lipinski definition) is 5. The predicted octanol–water partition coefficient (Wildman–Crippen LogP) is 0.857. The van der Waals surface area contributed by atoms with Crippen LogP contribution in [0.5, 0.6) is 0 Å². The molecule has 2 saturated heterocycles. The lowest BCUT2D eigenvalue weighted by Crippen LogP contribution is -2.47. The van der Waals surface area contributed by atoms with E-state index >= 15 is 0 Å². The first-order valence-corrected chi connectivity index (χ1v) is 7.61. The van der Waals surface area contributed by atoms with E-state index in [9.17, 15) is 4.79 Å². The fourth-order valence-corrected chi connectivity index (χ4v) is 3.07. The van der Waals surface area contributed by atoms with Crippen molar-refractivity contribution in [2.75, 3.05) is 24.5 Å². The Hall–Kier alpha value is -2.28. The topological polar surface area (TPSA) is 67.2 Å². The molecule has 0 N–H and O–H groups in total. The fourth-order valence-electron chi connectivity index (χ4n) is 3.07. The van der Waals surface area contributed by atoms with Crippen LogP contribution in [-0.4, -0.2) is 50.2 Å². The van der Waals surface area contributed by atoms with Crippen LogP contribution in [0.4, 0.5) is 5.69 Å². The molecule has 0 atom stereocenters. The second-order valence-electron chi connectivity index (χ2n) is 5.88. The first-order chi connectivity index (χ1) is 10.8. The summed E-state index contributed by atoms with van der Waals surface area (Å²) in [6.07, 6.45) is 8.75. The molecule has 2 aromatic heterocycles. The van der Waals surface area contributed by atoms with Gasteiger partial charge in [0, 0.05) is 45.0 Å². The SMILES string of the molecule is O=C1CCCN1c1cnn(C2CN(Cc3ccncn3)C2)c1. The highest BCUT2D eigenvalue weighted by Crippen LogP contribution is 2.26. The Balaban J connectivity index is 1.35. The van der Waals surface area contributed by atoms with Crippen LogP contribution in [0, 0.1) is 0 Å². The molecule has 0 aromatic carbocycles. The number of nitrogens with zero attached hydrogens (tertiary/aromatic N) is 6. The summed E-state index contributed by atoms with van der Waals surface area (Å²) in [7, 11) is 0. The van der Waals surface area contributed by atoms with Crippen LogP contribution in [0.15, 0.2) is 31.0 Å². The van der Waals surface area contributed by atoms with Gasteiger partial charge in [-0.1, -0.05) is 0 Å². The smallest absolute Gasteiger partial charge is 0.227 e. The van der Waals surface area contributed by atoms with Crippen LogP contribution in [-0.2, 0) is 11.3 Å². The van der Waals surface area contributed by atoms with E-state index in [1.165, 1.54) is 0 Å². The molecular weight excluding hydrogens is 280 g/mol. The van der Waals surface area contributed by atoms with Gasteiger partial charge in [0.1, 0.15) is 6.33 Å². The molecule has 4 rings (SSSR count). The van der Waals surface area contributed by atoms with Crippen molar-refractivity contribution in [3.63, 3.8) is 0 Å². The van der Waals surface area contributed by atoms with E-state index in [4.69, 9.17) is 0 Å². The molecule has 2 aliphatic heterocycles. The summed E-state index contributed by atoms with van der Waals surface area (Å²) in [5.74, 6) is 0.207. The molecule has 0 bridgehead atoms. The maximum absolute atomic E-state index is 11.8. The quantitative estimate of drug-likeness (QED) is 0.837. The summed E-state index contributed by atoms with van der Waals surface area (Å²) < 4.78 is 1.98. The third-order valence-electron chi connectivity index (χ3n) is 4.31. The van der Waals surface area contributed by atoms with Crippen molar-refractivity contribution in [2.45, 2.75) is 25.4 Å². The molecule has 1 amide bonds. The third-order valence-corrected chi connectivity index (χ3v) is 4.31. The first-order valence-electron chi connectivity index (χ1n) is 7.61. The number of hydrogen-bond donors (Lipinski definition) is 0. The zero-order chi connectivity index (χ0) is 14.9. The molecule has 2 aliphatic rings. The van der Waals surface area contributed by atoms with E-state index in [1.807, 2.05) is 21.8 Å². The highest BCUT2D eigenvalue weighted by molar-refractivity contribution is 5.95. The number of anilines is 1. The van der Waals surface area contributed by atoms with Crippen molar-refractivity contribution in [3.05, 3.63) is 36.7 Å². The second kappa shape index (κ2) is 5.49. The number of rotatable bonds is 4. The van der Waals surface area contributed by atoms with Gasteiger partial charge in [-0.2, -0.15) is 5.10 Å². The number of aromatic nitrogens is 4. The molecule has 0 spiro atoms. The minimum atomic E-state index is 0.207. The molecule has 2 fully saturated rings. The van der Waals surface area contributed by atoms with E-state index in [1.54, 1.807) is 18.7 Å². The minimum absolute atomic E-state index is 0.207. The summed E-state index contributed by atoms with van der Waals surface area (Å²) in [6, 6.07) is 2.33. The molecule has 0 unspecified atom stereocenters. The van der Waals surface area contributed by atoms with Crippen molar-refractivity contribution >= 4 is 11.6 Å². The van der Waals surface area contributed by atoms with E-state index < -0.39 is 0 Å². The Kier molecular flexibility index (Phi) is 3.34. The van der Waals surface area contributed by atoms with Gasteiger partial charge in [-0.3, -0.25) is 14.4 Å². The van der Waals surface area contributed by atoms with Crippen LogP contribution >= 0.6 is 0 Å². The highest BCUT2D eigenvalue weighted by Gasteiger charge is 2.30. The normalized spacial score (nSPS) is 19.6. The third kappa shape index (κ3) is 2.48. The molecule has 4 heterocycles. The van der Waals surface area contributed by atoms with Crippen molar-refractivity contribution < 1.29 is 4.79 Å². The number of amides is 1. The van der Waals surface area contributed by atoms with Crippen molar-refractivity contribution in [2.24, 2.45) is 0 Å². The molecule has 22 heavy (non-hydrogen) atoms. The number of carbonyl (C=O) groups is 1. The van der Waals surface area contributed by atoms with Gasteiger partial charge in [-0.15, -0.1) is 0 Å². The predicted molar refractivity (Wildman–Crippen MR) is 80.2 cm³/mol. The molecule has 7 nitrogen and oxygen atoms in total. The van der Waals surface area contributed by atoms with Gasteiger partial charge in [0.05, 0.1) is 23.6 Å². The maximum atomic E-state index is 11.8. The molecule has 114 valence electrons. The lowest BCUT2D eigenvalue weighted by molar-refractivity contribution is -0.117. The van der Waals surface area contributed by atoms with Crippen LogP contribution < -0.4 is 4.90 Å². The summed E-state index contributed by atoms with van der Waals surface area (Å²) in [5.41, 5.74) is 1.97. The van der Waals surface area contributed by atoms with E-state index in [-0.39, 0.29) is 5.91 Å². The first kappa shape index (κ1) is 13.4. The Morgan fingerprint density at radius 1 is 1.32 bits per heavy atom. The van der Waals surface area contributed by atoms with E-state index in [0.29, 0.717) is 12.5 Å². The molecule has 2 aromatic rings. The van der Waals surface area contributed by atoms with Crippen molar-refractivity contribution in [1.29, 1.82) is 0 Å². The molecule has 0 saturated carbocycles. The molecular formula is C15H18N6O. The van der Waals surface area contributed by atoms with Gasteiger partial charge in [-0.25, -0.2) is 9.97 Å². The zero-order valence-corrected chi connectivity index (χ0v) is 12.3. The van der Waals surface area contributed by atoms with Gasteiger partial charge >= 0.3 is 0 Å². The Bertz CT molecular complexity index is 664. The second-order valence-corrected chi connectivity index (χ2v) is 5.88. The Morgan fingerprint density at radius 2 is 2.23 bits per heavy atom. The standard InChI is InChI=1S/C15H18N6O/c22-15-2-1-5-20(15)13-6-18-21(10-13)14-8-19(9-14)7-12-3-4-16-11-17-12/h3-4,6,10-11,14H,1-2,5,7-9H2. The van der Waals surface area contributed by atoms with Gasteiger partial charge in [0.25, 0.3) is 0 Å². The Labute approximate surface area is 128 Å². The summed E-state index contributed by atoms with van der Waals surface area (Å²) in [4.78, 5) is 24.1. The monoisotopic (exact) mass is 298 g/mol.